The maximum absolute atomic E-state index is 12.8. The number of pyridine rings is 1. The molecule has 0 amide bonds. The fraction of sp³-hybridized carbons (Fsp3) is 0.500. The summed E-state index contributed by atoms with van der Waals surface area (Å²) >= 11 is 1.41. The van der Waals surface area contributed by atoms with Crippen LogP contribution in [0.5, 0.6) is 0 Å². The zero-order valence-electron chi connectivity index (χ0n) is 12.5. The van der Waals surface area contributed by atoms with Crippen LogP contribution in [0.3, 0.4) is 0 Å². The van der Waals surface area contributed by atoms with Crippen molar-refractivity contribution in [1.82, 2.24) is 20.1 Å². The first-order valence-corrected chi connectivity index (χ1v) is 8.07. The minimum Gasteiger partial charge on any atom is -0.344 e. The molecule has 3 rings (SSSR count). The van der Waals surface area contributed by atoms with Crippen LogP contribution in [0.4, 0.5) is 18.3 Å². The molecule has 3 heterocycles. The minimum absolute atomic E-state index is 0.360. The van der Waals surface area contributed by atoms with Crippen LogP contribution in [0.25, 0.3) is 10.7 Å². The van der Waals surface area contributed by atoms with Gasteiger partial charge in [-0.05, 0) is 19.1 Å². The molecule has 1 atom stereocenters. The Kier molecular flexibility index (Phi) is 4.49. The molecule has 9 heteroatoms. The van der Waals surface area contributed by atoms with Gasteiger partial charge < -0.3 is 4.90 Å². The summed E-state index contributed by atoms with van der Waals surface area (Å²) in [5, 5.41) is 9.72. The lowest BCUT2D eigenvalue weighted by Crippen LogP contribution is -2.53. The molecule has 0 aliphatic carbocycles. The molecule has 0 spiro atoms. The molecule has 1 aliphatic heterocycles. The van der Waals surface area contributed by atoms with Crippen molar-refractivity contribution in [3.05, 3.63) is 24.4 Å². The monoisotopic (exact) mass is 343 g/mol. The van der Waals surface area contributed by atoms with Gasteiger partial charge in [0.25, 0.3) is 0 Å². The van der Waals surface area contributed by atoms with Gasteiger partial charge >= 0.3 is 6.18 Å². The Morgan fingerprint density at radius 1 is 1.13 bits per heavy atom. The lowest BCUT2D eigenvalue weighted by Gasteiger charge is -2.38. The number of alkyl halides is 3. The Hall–Kier alpha value is -1.74. The van der Waals surface area contributed by atoms with Gasteiger partial charge in [-0.15, -0.1) is 10.2 Å². The van der Waals surface area contributed by atoms with Gasteiger partial charge in [0.1, 0.15) is 11.7 Å². The van der Waals surface area contributed by atoms with Crippen LogP contribution in [-0.2, 0) is 0 Å². The third-order valence-electron chi connectivity index (χ3n) is 3.90. The van der Waals surface area contributed by atoms with Gasteiger partial charge in [-0.2, -0.15) is 13.2 Å². The van der Waals surface area contributed by atoms with E-state index in [1.807, 2.05) is 23.1 Å². The Balaban J connectivity index is 1.64. The van der Waals surface area contributed by atoms with Gasteiger partial charge in [0.15, 0.2) is 5.01 Å². The summed E-state index contributed by atoms with van der Waals surface area (Å²) in [6, 6.07) is 4.14. The van der Waals surface area contributed by atoms with Gasteiger partial charge in [-0.25, -0.2) is 0 Å². The smallest absolute Gasteiger partial charge is 0.344 e. The number of nitrogens with zero attached hydrogens (tertiary/aromatic N) is 5. The van der Waals surface area contributed by atoms with Gasteiger partial charge in [-0.1, -0.05) is 17.4 Å². The Labute approximate surface area is 135 Å². The maximum Gasteiger partial charge on any atom is 0.403 e. The Morgan fingerprint density at radius 3 is 2.48 bits per heavy atom. The molecule has 2 aromatic rings. The van der Waals surface area contributed by atoms with Crippen molar-refractivity contribution >= 4 is 16.5 Å². The lowest BCUT2D eigenvalue weighted by molar-refractivity contribution is -0.179. The molecule has 0 radical (unpaired) electrons. The van der Waals surface area contributed by atoms with Crippen LogP contribution in [0, 0.1) is 0 Å². The number of rotatable bonds is 3. The zero-order chi connectivity index (χ0) is 16.4. The summed E-state index contributed by atoms with van der Waals surface area (Å²) in [4.78, 5) is 7.66. The van der Waals surface area contributed by atoms with E-state index >= 15 is 0 Å². The maximum atomic E-state index is 12.8. The molecule has 5 nitrogen and oxygen atoms in total. The molecular formula is C14H16F3N5S. The third kappa shape index (κ3) is 3.61. The predicted octanol–water partition coefficient (Wildman–Crippen LogP) is 2.67. The van der Waals surface area contributed by atoms with Crippen molar-refractivity contribution in [2.45, 2.75) is 19.1 Å². The minimum atomic E-state index is -4.18. The summed E-state index contributed by atoms with van der Waals surface area (Å²) in [6.45, 7) is 2.95. The van der Waals surface area contributed by atoms with Crippen LogP contribution in [0.1, 0.15) is 6.92 Å². The number of piperazine rings is 1. The summed E-state index contributed by atoms with van der Waals surface area (Å²) in [5.74, 6) is 0. The van der Waals surface area contributed by atoms with Crippen LogP contribution < -0.4 is 4.90 Å². The largest absolute Gasteiger partial charge is 0.403 e. The molecule has 0 N–H and O–H groups in total. The third-order valence-corrected chi connectivity index (χ3v) is 4.91. The fourth-order valence-electron chi connectivity index (χ4n) is 2.44. The standard InChI is InChI=1S/C14H16F3N5S/c1-10(14(15,16)17)21-6-8-22(9-7-21)13-20-19-12(23-13)11-4-2-3-5-18-11/h2-5,10H,6-9H2,1H3. The first kappa shape index (κ1) is 16.1. The molecule has 0 aromatic carbocycles. The van der Waals surface area contributed by atoms with Crippen molar-refractivity contribution in [3.63, 3.8) is 0 Å². The van der Waals surface area contributed by atoms with Crippen molar-refractivity contribution in [1.29, 1.82) is 0 Å². The highest BCUT2D eigenvalue weighted by molar-refractivity contribution is 7.18. The Bertz CT molecular complexity index is 637. The van der Waals surface area contributed by atoms with E-state index in [4.69, 9.17) is 0 Å². The first-order valence-electron chi connectivity index (χ1n) is 7.26. The molecule has 1 saturated heterocycles. The molecule has 0 bridgehead atoms. The van der Waals surface area contributed by atoms with Gasteiger partial charge in [0, 0.05) is 32.4 Å². The van der Waals surface area contributed by atoms with Crippen molar-refractivity contribution in [2.75, 3.05) is 31.1 Å². The number of halogens is 3. The summed E-state index contributed by atoms with van der Waals surface area (Å²) in [7, 11) is 0. The highest BCUT2D eigenvalue weighted by Crippen LogP contribution is 2.29. The van der Waals surface area contributed by atoms with E-state index in [2.05, 4.69) is 15.2 Å². The van der Waals surface area contributed by atoms with E-state index in [1.165, 1.54) is 23.2 Å². The zero-order valence-corrected chi connectivity index (χ0v) is 13.3. The Morgan fingerprint density at radius 2 is 1.87 bits per heavy atom. The van der Waals surface area contributed by atoms with Crippen molar-refractivity contribution in [2.24, 2.45) is 0 Å². The van der Waals surface area contributed by atoms with E-state index in [0.29, 0.717) is 31.2 Å². The van der Waals surface area contributed by atoms with Crippen molar-refractivity contribution < 1.29 is 13.2 Å². The number of hydrogen-bond acceptors (Lipinski definition) is 6. The van der Waals surface area contributed by atoms with Crippen LogP contribution in [0.2, 0.25) is 0 Å². The molecule has 1 unspecified atom stereocenters. The molecule has 0 saturated carbocycles. The average Bonchev–Trinajstić information content (AvgIpc) is 3.04. The number of anilines is 1. The second kappa shape index (κ2) is 6.40. The lowest BCUT2D eigenvalue weighted by atomic mass is 10.2. The van der Waals surface area contributed by atoms with E-state index in [1.54, 1.807) is 6.20 Å². The van der Waals surface area contributed by atoms with Gasteiger partial charge in [0.2, 0.25) is 5.13 Å². The van der Waals surface area contributed by atoms with Crippen LogP contribution in [0.15, 0.2) is 24.4 Å². The molecular weight excluding hydrogens is 327 g/mol. The SMILES string of the molecule is CC(N1CCN(c2nnc(-c3ccccn3)s2)CC1)C(F)(F)F. The van der Waals surface area contributed by atoms with Gasteiger partial charge in [-0.3, -0.25) is 9.88 Å². The predicted molar refractivity (Wildman–Crippen MR) is 82.4 cm³/mol. The number of hydrogen-bond donors (Lipinski definition) is 0. The quantitative estimate of drug-likeness (QED) is 0.857. The molecule has 1 aliphatic rings. The summed E-state index contributed by atoms with van der Waals surface area (Å²) in [5.41, 5.74) is 0.751. The average molecular weight is 343 g/mol. The topological polar surface area (TPSA) is 45.2 Å². The molecule has 124 valence electrons. The summed E-state index contributed by atoms with van der Waals surface area (Å²) < 4.78 is 38.3. The second-order valence-electron chi connectivity index (χ2n) is 5.35. The van der Waals surface area contributed by atoms with E-state index < -0.39 is 12.2 Å². The van der Waals surface area contributed by atoms with Crippen LogP contribution in [-0.4, -0.2) is 58.5 Å². The highest BCUT2D eigenvalue weighted by atomic mass is 32.1. The van der Waals surface area contributed by atoms with E-state index in [0.717, 1.165) is 10.8 Å². The summed E-state index contributed by atoms with van der Waals surface area (Å²) in [6.07, 6.45) is -2.50. The highest BCUT2D eigenvalue weighted by Gasteiger charge is 2.41. The normalized spacial score (nSPS) is 18.2. The first-order chi connectivity index (χ1) is 10.9. The van der Waals surface area contributed by atoms with E-state index in [-0.39, 0.29) is 0 Å². The second-order valence-corrected chi connectivity index (χ2v) is 6.30. The molecule has 2 aromatic heterocycles. The van der Waals surface area contributed by atoms with E-state index in [9.17, 15) is 13.2 Å². The van der Waals surface area contributed by atoms with Gasteiger partial charge in [0.05, 0.1) is 0 Å². The molecule has 1 fully saturated rings. The number of aromatic nitrogens is 3. The van der Waals surface area contributed by atoms with Crippen LogP contribution >= 0.6 is 11.3 Å². The van der Waals surface area contributed by atoms with Crippen molar-refractivity contribution in [3.8, 4) is 10.7 Å². The fourth-order valence-corrected chi connectivity index (χ4v) is 3.32. The molecule has 23 heavy (non-hydrogen) atoms.